The minimum absolute atomic E-state index is 0.0540. The van der Waals surface area contributed by atoms with Crippen molar-refractivity contribution in [3.05, 3.63) is 63.1 Å². The molecule has 0 aromatic heterocycles. The molecule has 1 N–H and O–H groups in total. The van der Waals surface area contributed by atoms with Gasteiger partial charge in [-0.3, -0.25) is 9.59 Å². The SMILES string of the molecule is CC(=O)N(CC(=O)Nc1c(C)cc(C)cc1Cl)Cc1ccc(Cl)cc1. The Hall–Kier alpha value is -2.04. The van der Waals surface area contributed by atoms with Crippen molar-refractivity contribution in [2.24, 2.45) is 0 Å². The highest BCUT2D eigenvalue weighted by molar-refractivity contribution is 6.34. The van der Waals surface area contributed by atoms with Gasteiger partial charge in [0.1, 0.15) is 6.54 Å². The summed E-state index contributed by atoms with van der Waals surface area (Å²) >= 11 is 12.1. The van der Waals surface area contributed by atoms with Gasteiger partial charge in [0.25, 0.3) is 0 Å². The molecular weight excluding hydrogens is 359 g/mol. The lowest BCUT2D eigenvalue weighted by atomic mass is 10.1. The Kier molecular flexibility index (Phi) is 6.45. The maximum atomic E-state index is 12.4. The number of hydrogen-bond acceptors (Lipinski definition) is 2. The van der Waals surface area contributed by atoms with Crippen molar-refractivity contribution in [2.75, 3.05) is 11.9 Å². The third-order valence-corrected chi connectivity index (χ3v) is 4.31. The first-order valence-corrected chi connectivity index (χ1v) is 8.58. The van der Waals surface area contributed by atoms with E-state index in [2.05, 4.69) is 5.32 Å². The number of nitrogens with zero attached hydrogens (tertiary/aromatic N) is 1. The summed E-state index contributed by atoms with van der Waals surface area (Å²) in [4.78, 5) is 25.7. The van der Waals surface area contributed by atoms with E-state index in [1.54, 1.807) is 18.2 Å². The Morgan fingerprint density at radius 1 is 1.08 bits per heavy atom. The van der Waals surface area contributed by atoms with Gasteiger partial charge in [0.05, 0.1) is 10.7 Å². The van der Waals surface area contributed by atoms with Crippen molar-refractivity contribution in [1.29, 1.82) is 0 Å². The lowest BCUT2D eigenvalue weighted by molar-refractivity contribution is -0.133. The quantitative estimate of drug-likeness (QED) is 0.826. The van der Waals surface area contributed by atoms with Gasteiger partial charge in [-0.2, -0.15) is 0 Å². The van der Waals surface area contributed by atoms with Crippen molar-refractivity contribution in [1.82, 2.24) is 4.90 Å². The number of aryl methyl sites for hydroxylation is 2. The van der Waals surface area contributed by atoms with Crippen LogP contribution in [0.15, 0.2) is 36.4 Å². The molecule has 0 heterocycles. The summed E-state index contributed by atoms with van der Waals surface area (Å²) in [5, 5.41) is 3.91. The standard InChI is InChI=1S/C19H20Cl2N2O2/c1-12-8-13(2)19(17(21)9-12)22-18(25)11-23(14(3)24)10-15-4-6-16(20)7-5-15/h4-9H,10-11H2,1-3H3,(H,22,25). The van der Waals surface area contributed by atoms with Gasteiger partial charge < -0.3 is 10.2 Å². The van der Waals surface area contributed by atoms with Crippen LogP contribution in [0.1, 0.15) is 23.6 Å². The van der Waals surface area contributed by atoms with Gasteiger partial charge in [-0.15, -0.1) is 0 Å². The molecule has 4 nitrogen and oxygen atoms in total. The third kappa shape index (κ3) is 5.48. The summed E-state index contributed by atoms with van der Waals surface area (Å²) < 4.78 is 0. The van der Waals surface area contributed by atoms with Crippen LogP contribution >= 0.6 is 23.2 Å². The maximum absolute atomic E-state index is 12.4. The van der Waals surface area contributed by atoms with E-state index in [1.165, 1.54) is 11.8 Å². The summed E-state index contributed by atoms with van der Waals surface area (Å²) in [5.74, 6) is -0.477. The first kappa shape index (κ1) is 19.3. The Balaban J connectivity index is 2.08. The molecule has 0 aliphatic carbocycles. The topological polar surface area (TPSA) is 49.4 Å². The second-order valence-corrected chi connectivity index (χ2v) is 6.83. The van der Waals surface area contributed by atoms with E-state index in [0.717, 1.165) is 16.7 Å². The van der Waals surface area contributed by atoms with Crippen LogP contribution in [0.5, 0.6) is 0 Å². The van der Waals surface area contributed by atoms with Crippen molar-refractivity contribution in [3.8, 4) is 0 Å². The van der Waals surface area contributed by atoms with Crippen molar-refractivity contribution in [3.63, 3.8) is 0 Å². The number of benzene rings is 2. The summed E-state index contributed by atoms with van der Waals surface area (Å²) in [6.07, 6.45) is 0. The number of amides is 2. The van der Waals surface area contributed by atoms with Crippen LogP contribution in [0.25, 0.3) is 0 Å². The number of rotatable bonds is 5. The van der Waals surface area contributed by atoms with Crippen LogP contribution in [0.2, 0.25) is 10.0 Å². The molecule has 0 aliphatic heterocycles. The van der Waals surface area contributed by atoms with Gasteiger partial charge in [0, 0.05) is 18.5 Å². The Morgan fingerprint density at radius 3 is 2.28 bits per heavy atom. The number of halogens is 2. The van der Waals surface area contributed by atoms with Crippen molar-refractivity contribution in [2.45, 2.75) is 27.3 Å². The monoisotopic (exact) mass is 378 g/mol. The Labute approximate surface area is 157 Å². The average molecular weight is 379 g/mol. The molecule has 6 heteroatoms. The van der Waals surface area contributed by atoms with Crippen LogP contribution in [-0.2, 0) is 16.1 Å². The van der Waals surface area contributed by atoms with Crippen LogP contribution in [-0.4, -0.2) is 23.3 Å². The van der Waals surface area contributed by atoms with E-state index in [-0.39, 0.29) is 18.4 Å². The van der Waals surface area contributed by atoms with Crippen LogP contribution in [0.3, 0.4) is 0 Å². The number of anilines is 1. The zero-order valence-corrected chi connectivity index (χ0v) is 15.9. The van der Waals surface area contributed by atoms with Gasteiger partial charge >= 0.3 is 0 Å². The number of hydrogen-bond donors (Lipinski definition) is 1. The van der Waals surface area contributed by atoms with E-state index < -0.39 is 0 Å². The fraction of sp³-hybridized carbons (Fsp3) is 0.263. The minimum Gasteiger partial charge on any atom is -0.329 e. The molecule has 0 aliphatic rings. The molecule has 0 saturated heterocycles. The zero-order valence-electron chi connectivity index (χ0n) is 14.4. The lowest BCUT2D eigenvalue weighted by Crippen LogP contribution is -2.36. The smallest absolute Gasteiger partial charge is 0.244 e. The second kappa shape index (κ2) is 8.37. The highest BCUT2D eigenvalue weighted by atomic mass is 35.5. The fourth-order valence-electron chi connectivity index (χ4n) is 2.52. The molecule has 25 heavy (non-hydrogen) atoms. The van der Waals surface area contributed by atoms with Crippen LogP contribution in [0.4, 0.5) is 5.69 Å². The molecule has 2 rings (SSSR count). The number of carbonyl (C=O) groups is 2. The summed E-state index contributed by atoms with van der Waals surface area (Å²) in [7, 11) is 0. The van der Waals surface area contributed by atoms with Gasteiger partial charge in [-0.05, 0) is 48.7 Å². The molecule has 2 amide bonds. The van der Waals surface area contributed by atoms with Crippen LogP contribution in [0, 0.1) is 13.8 Å². The first-order valence-electron chi connectivity index (χ1n) is 7.83. The lowest BCUT2D eigenvalue weighted by Gasteiger charge is -2.21. The van der Waals surface area contributed by atoms with E-state index in [0.29, 0.717) is 22.3 Å². The third-order valence-electron chi connectivity index (χ3n) is 3.76. The highest BCUT2D eigenvalue weighted by Gasteiger charge is 2.16. The molecule has 0 unspecified atom stereocenters. The molecule has 0 saturated carbocycles. The second-order valence-electron chi connectivity index (χ2n) is 5.99. The number of carbonyl (C=O) groups excluding carboxylic acids is 2. The molecule has 0 spiro atoms. The summed E-state index contributed by atoms with van der Waals surface area (Å²) in [5.41, 5.74) is 3.38. The Morgan fingerprint density at radius 2 is 1.72 bits per heavy atom. The maximum Gasteiger partial charge on any atom is 0.244 e. The average Bonchev–Trinajstić information content (AvgIpc) is 2.52. The molecular formula is C19H20Cl2N2O2. The molecule has 0 bridgehead atoms. The predicted octanol–water partition coefficient (Wildman–Crippen LogP) is 4.60. The molecule has 0 atom stereocenters. The van der Waals surface area contributed by atoms with E-state index in [9.17, 15) is 9.59 Å². The predicted molar refractivity (Wildman–Crippen MR) is 102 cm³/mol. The van der Waals surface area contributed by atoms with Gasteiger partial charge in [0.2, 0.25) is 11.8 Å². The zero-order chi connectivity index (χ0) is 18.6. The van der Waals surface area contributed by atoms with Gasteiger partial charge in [-0.1, -0.05) is 41.4 Å². The normalized spacial score (nSPS) is 10.4. The molecule has 2 aromatic carbocycles. The minimum atomic E-state index is -0.294. The van der Waals surface area contributed by atoms with E-state index in [1.807, 2.05) is 32.0 Å². The highest BCUT2D eigenvalue weighted by Crippen LogP contribution is 2.27. The van der Waals surface area contributed by atoms with Crippen molar-refractivity contribution < 1.29 is 9.59 Å². The van der Waals surface area contributed by atoms with Gasteiger partial charge in [0.15, 0.2) is 0 Å². The molecule has 0 radical (unpaired) electrons. The largest absolute Gasteiger partial charge is 0.329 e. The first-order chi connectivity index (χ1) is 11.8. The molecule has 132 valence electrons. The Bertz CT molecular complexity index is 766. The fourth-order valence-corrected chi connectivity index (χ4v) is 3.01. The van der Waals surface area contributed by atoms with E-state index in [4.69, 9.17) is 23.2 Å². The van der Waals surface area contributed by atoms with Gasteiger partial charge in [-0.25, -0.2) is 0 Å². The summed E-state index contributed by atoms with van der Waals surface area (Å²) in [6.45, 7) is 5.54. The molecule has 2 aromatic rings. The van der Waals surface area contributed by atoms with Crippen LogP contribution < -0.4 is 5.32 Å². The molecule has 0 fully saturated rings. The number of nitrogens with one attached hydrogen (secondary N) is 1. The van der Waals surface area contributed by atoms with E-state index >= 15 is 0 Å². The summed E-state index contributed by atoms with van der Waals surface area (Å²) in [6, 6.07) is 10.9. The van der Waals surface area contributed by atoms with Crippen molar-refractivity contribution >= 4 is 40.7 Å².